The summed E-state index contributed by atoms with van der Waals surface area (Å²) >= 11 is 6.71. The summed E-state index contributed by atoms with van der Waals surface area (Å²) < 4.78 is 15.6. The van der Waals surface area contributed by atoms with E-state index in [4.69, 9.17) is 22.3 Å². The van der Waals surface area contributed by atoms with Crippen molar-refractivity contribution in [2.24, 2.45) is 28.0 Å². The first-order chi connectivity index (χ1) is 23.2. The molecule has 6 fully saturated rings. The predicted molar refractivity (Wildman–Crippen MR) is 187 cm³/mol. The lowest BCUT2D eigenvalue weighted by molar-refractivity contribution is -0.138. The highest BCUT2D eigenvalue weighted by atomic mass is 35.5. The molecule has 0 aromatic carbocycles. The molecule has 3 N–H and O–H groups in total. The number of carbonyl (C=O) groups excluding carboxylic acids is 2. The average molecular weight is 681 g/mol. The number of nitrogens with two attached hydrogens (primary N) is 1. The maximum absolute atomic E-state index is 15.6. The molecule has 1 aromatic heterocycles. The third kappa shape index (κ3) is 6.62. The number of anilines is 2. The molecule has 2 atom stereocenters. The van der Waals surface area contributed by atoms with Crippen molar-refractivity contribution in [2.75, 3.05) is 56.0 Å². The molecule has 48 heavy (non-hydrogen) atoms. The lowest BCUT2D eigenvalue weighted by Crippen LogP contribution is -2.53. The first-order valence-electron chi connectivity index (χ1n) is 18.1. The van der Waals surface area contributed by atoms with Gasteiger partial charge in [-0.2, -0.15) is 0 Å². The maximum atomic E-state index is 15.6. The van der Waals surface area contributed by atoms with Gasteiger partial charge in [0.05, 0.1) is 29.3 Å². The van der Waals surface area contributed by atoms with Gasteiger partial charge in [0.2, 0.25) is 11.8 Å². The molecular formula is C36H50ClFN8O2. The van der Waals surface area contributed by atoms with Gasteiger partial charge in [0.25, 0.3) is 0 Å². The fourth-order valence-corrected chi connectivity index (χ4v) is 9.31. The smallest absolute Gasteiger partial charge is 0.236 e. The molecule has 8 rings (SSSR count). The molecule has 6 aliphatic heterocycles. The van der Waals surface area contributed by atoms with Crippen LogP contribution < -0.4 is 16.0 Å². The molecule has 4 bridgehead atoms. The minimum Gasteiger partial charge on any atom is -0.367 e. The first-order valence-corrected chi connectivity index (χ1v) is 18.5. The Balaban J connectivity index is 1.09. The summed E-state index contributed by atoms with van der Waals surface area (Å²) in [5, 5.41) is 3.55. The summed E-state index contributed by atoms with van der Waals surface area (Å²) in [7, 11) is 0. The molecule has 7 aliphatic rings. The number of allylic oxidation sites excluding steroid dienone is 3. The SMILES string of the molecule is CC1(/C2=C\C(Cl)=C/N=C3CCCN2C(N)C3C(=O)Nc2cncc(F)c2N2CCC(C(=O)N3CCN4CCC3CC4)CC2)CCCCC1. The van der Waals surface area contributed by atoms with Crippen LogP contribution in [-0.2, 0) is 9.59 Å². The minimum absolute atomic E-state index is 0.0762. The van der Waals surface area contributed by atoms with Crippen LogP contribution in [0, 0.1) is 23.1 Å². The Hall–Kier alpha value is -3.02. The molecule has 0 spiro atoms. The van der Waals surface area contributed by atoms with Gasteiger partial charge < -0.3 is 30.7 Å². The Morgan fingerprint density at radius 1 is 0.979 bits per heavy atom. The number of hydrogen-bond acceptors (Lipinski definition) is 8. The van der Waals surface area contributed by atoms with Crippen LogP contribution in [-0.4, -0.2) is 95.2 Å². The fraction of sp³-hybridized carbons (Fsp3) is 0.667. The van der Waals surface area contributed by atoms with E-state index in [2.05, 4.69) is 31.9 Å². The van der Waals surface area contributed by atoms with Crippen molar-refractivity contribution in [3.8, 4) is 0 Å². The number of piperidine rings is 2. The monoisotopic (exact) mass is 680 g/mol. The lowest BCUT2D eigenvalue weighted by atomic mass is 9.72. The molecular weight excluding hydrogens is 631 g/mol. The van der Waals surface area contributed by atoms with Gasteiger partial charge in [-0.3, -0.25) is 19.6 Å². The second-order valence-electron chi connectivity index (χ2n) is 14.9. The Bertz CT molecular complexity index is 1480. The van der Waals surface area contributed by atoms with Crippen molar-refractivity contribution in [2.45, 2.75) is 89.8 Å². The Morgan fingerprint density at radius 2 is 1.73 bits per heavy atom. The van der Waals surface area contributed by atoms with Gasteiger partial charge in [0.1, 0.15) is 11.6 Å². The molecule has 0 radical (unpaired) electrons. The third-order valence-electron chi connectivity index (χ3n) is 11.9. The molecule has 12 heteroatoms. The van der Waals surface area contributed by atoms with Gasteiger partial charge in [-0.25, -0.2) is 4.39 Å². The zero-order valence-electron chi connectivity index (χ0n) is 28.2. The summed E-state index contributed by atoms with van der Waals surface area (Å²) in [5.74, 6) is -1.43. The number of aliphatic imine (C=N–C) groups is 1. The van der Waals surface area contributed by atoms with Gasteiger partial charge in [0.15, 0.2) is 5.82 Å². The fourth-order valence-electron chi connectivity index (χ4n) is 9.16. The van der Waals surface area contributed by atoms with Gasteiger partial charge >= 0.3 is 0 Å². The predicted octanol–water partition coefficient (Wildman–Crippen LogP) is 5.07. The number of carbonyl (C=O) groups is 2. The first kappa shape index (κ1) is 33.5. The number of fused-ring (bicyclic) bond motifs is 7. The Morgan fingerprint density at radius 3 is 2.48 bits per heavy atom. The number of rotatable bonds is 5. The van der Waals surface area contributed by atoms with Crippen LogP contribution in [0.2, 0.25) is 0 Å². The van der Waals surface area contributed by atoms with Crippen LogP contribution in [0.4, 0.5) is 15.8 Å². The number of nitrogens with one attached hydrogen (secondary N) is 1. The van der Waals surface area contributed by atoms with E-state index in [1.165, 1.54) is 18.8 Å². The van der Waals surface area contributed by atoms with Crippen molar-refractivity contribution in [1.29, 1.82) is 0 Å². The molecule has 260 valence electrons. The van der Waals surface area contributed by atoms with Crippen molar-refractivity contribution in [3.05, 3.63) is 41.2 Å². The minimum atomic E-state index is -0.762. The average Bonchev–Trinajstić information content (AvgIpc) is 3.48. The number of pyridine rings is 1. The molecule has 7 heterocycles. The summed E-state index contributed by atoms with van der Waals surface area (Å²) in [6.07, 6.45) is 16.0. The van der Waals surface area contributed by atoms with E-state index in [1.54, 1.807) is 6.20 Å². The molecule has 1 aromatic rings. The summed E-state index contributed by atoms with van der Waals surface area (Å²) in [6.45, 7) is 7.90. The molecule has 2 amide bonds. The number of aromatic nitrogens is 1. The molecule has 10 nitrogen and oxygen atoms in total. The second-order valence-corrected chi connectivity index (χ2v) is 15.4. The van der Waals surface area contributed by atoms with E-state index in [0.29, 0.717) is 67.1 Å². The van der Waals surface area contributed by atoms with Crippen LogP contribution in [0.1, 0.15) is 77.6 Å². The third-order valence-corrected chi connectivity index (χ3v) is 12.1. The van der Waals surface area contributed by atoms with Gasteiger partial charge in [0, 0.05) is 80.8 Å². The van der Waals surface area contributed by atoms with E-state index in [-0.39, 0.29) is 23.1 Å². The van der Waals surface area contributed by atoms with Crippen LogP contribution in [0.3, 0.4) is 0 Å². The number of hydrogen-bond donors (Lipinski definition) is 2. The molecule has 5 saturated heterocycles. The van der Waals surface area contributed by atoms with Crippen molar-refractivity contribution >= 4 is 40.5 Å². The normalized spacial score (nSPS) is 31.7. The quantitative estimate of drug-likeness (QED) is 0.447. The molecule has 2 unspecified atom stereocenters. The van der Waals surface area contributed by atoms with E-state index in [0.717, 1.165) is 76.8 Å². The van der Waals surface area contributed by atoms with Gasteiger partial charge in [-0.05, 0) is 57.4 Å². The number of halogens is 2. The second kappa shape index (κ2) is 14.1. The standard InChI is InChI=1S/C36H50ClFN8O2/c1-36(11-3-2-4-12-36)30-20-25(37)21-41-28-6-5-13-46(30)33(39)31(28)34(47)42-29-23-40-22-27(38)32(29)44-16-7-24(8-17-44)35(48)45-19-18-43-14-9-26(45)10-15-43/h20-24,26,31,33H,2-19,39H2,1H3,(H,42,47)/b25-21+,30-20+,41-28?. The largest absolute Gasteiger partial charge is 0.367 e. The van der Waals surface area contributed by atoms with Crippen molar-refractivity contribution in [1.82, 2.24) is 19.7 Å². The highest BCUT2D eigenvalue weighted by molar-refractivity contribution is 6.31. The summed E-state index contributed by atoms with van der Waals surface area (Å²) in [5.41, 5.74) is 9.31. The number of nitrogens with zero attached hydrogens (tertiary/aromatic N) is 6. The highest BCUT2D eigenvalue weighted by Crippen LogP contribution is 2.46. The van der Waals surface area contributed by atoms with Crippen LogP contribution in [0.15, 0.2) is 40.4 Å². The van der Waals surface area contributed by atoms with E-state index in [9.17, 15) is 9.59 Å². The van der Waals surface area contributed by atoms with Crippen LogP contribution in [0.5, 0.6) is 0 Å². The van der Waals surface area contributed by atoms with Gasteiger partial charge in [-0.1, -0.05) is 37.8 Å². The van der Waals surface area contributed by atoms with E-state index >= 15 is 4.39 Å². The molecule has 1 aliphatic carbocycles. The highest BCUT2D eigenvalue weighted by Gasteiger charge is 2.43. The lowest BCUT2D eigenvalue weighted by Gasteiger charge is -2.45. The summed E-state index contributed by atoms with van der Waals surface area (Å²) in [4.78, 5) is 45.5. The zero-order valence-corrected chi connectivity index (χ0v) is 28.9. The maximum Gasteiger partial charge on any atom is 0.236 e. The summed E-state index contributed by atoms with van der Waals surface area (Å²) in [6, 6.07) is 0.335. The molecule has 1 saturated carbocycles. The number of amides is 2. The van der Waals surface area contributed by atoms with Crippen LogP contribution in [0.25, 0.3) is 0 Å². The van der Waals surface area contributed by atoms with Crippen LogP contribution >= 0.6 is 11.6 Å². The van der Waals surface area contributed by atoms with Crippen molar-refractivity contribution in [3.63, 3.8) is 0 Å². The van der Waals surface area contributed by atoms with Gasteiger partial charge in [-0.15, -0.1) is 0 Å². The zero-order chi connectivity index (χ0) is 33.4. The van der Waals surface area contributed by atoms with E-state index < -0.39 is 17.9 Å². The van der Waals surface area contributed by atoms with Crippen molar-refractivity contribution < 1.29 is 14.0 Å². The Labute approximate surface area is 288 Å². The van der Waals surface area contributed by atoms with E-state index in [1.807, 2.05) is 11.0 Å². The Kier molecular flexibility index (Phi) is 9.81. The topological polar surface area (TPSA) is 110 Å².